The second-order valence-corrected chi connectivity index (χ2v) is 9.49. The number of nitrogens with zero attached hydrogens (tertiary/aromatic N) is 4. The first kappa shape index (κ1) is 20.2. The summed E-state index contributed by atoms with van der Waals surface area (Å²) in [6.45, 7) is 3.39. The van der Waals surface area contributed by atoms with E-state index in [0.29, 0.717) is 11.6 Å². The van der Waals surface area contributed by atoms with Gasteiger partial charge in [-0.3, -0.25) is 4.79 Å². The van der Waals surface area contributed by atoms with Crippen LogP contribution in [0.1, 0.15) is 52.4 Å². The molecule has 1 aliphatic carbocycles. The SMILES string of the molecule is O=C(c1ccc(N2CCC3(C=Cc4ccccc43)CC2)nn1)N1CCC(c2ccccc2)C1. The van der Waals surface area contributed by atoms with Crippen LogP contribution >= 0.6 is 0 Å². The topological polar surface area (TPSA) is 49.3 Å². The van der Waals surface area contributed by atoms with Gasteiger partial charge in [0.25, 0.3) is 5.91 Å². The fraction of sp³-hybridized carbons (Fsp3) is 0.321. The zero-order valence-electron chi connectivity index (χ0n) is 18.7. The number of anilines is 1. The third kappa shape index (κ3) is 3.62. The summed E-state index contributed by atoms with van der Waals surface area (Å²) in [6.07, 6.45) is 7.79. The van der Waals surface area contributed by atoms with Crippen LogP contribution in [0.2, 0.25) is 0 Å². The lowest BCUT2D eigenvalue weighted by Gasteiger charge is -2.39. The molecule has 2 aliphatic heterocycles. The molecular weight excluding hydrogens is 408 g/mol. The van der Waals surface area contributed by atoms with Crippen molar-refractivity contribution in [2.45, 2.75) is 30.6 Å². The number of rotatable bonds is 3. The van der Waals surface area contributed by atoms with Crippen molar-refractivity contribution in [1.29, 1.82) is 0 Å². The summed E-state index contributed by atoms with van der Waals surface area (Å²) in [7, 11) is 0. The summed E-state index contributed by atoms with van der Waals surface area (Å²) < 4.78 is 0. The van der Waals surface area contributed by atoms with Crippen LogP contribution in [0.4, 0.5) is 5.82 Å². The van der Waals surface area contributed by atoms with Gasteiger partial charge in [-0.15, -0.1) is 10.2 Å². The minimum atomic E-state index is -0.0159. The summed E-state index contributed by atoms with van der Waals surface area (Å²) in [5, 5.41) is 8.77. The molecular formula is C28H28N4O. The van der Waals surface area contributed by atoms with Crippen LogP contribution in [0.5, 0.6) is 0 Å². The molecule has 6 rings (SSSR count). The number of hydrogen-bond acceptors (Lipinski definition) is 4. The number of piperidine rings is 1. The van der Waals surface area contributed by atoms with E-state index in [1.165, 1.54) is 16.7 Å². The van der Waals surface area contributed by atoms with Gasteiger partial charge in [0.05, 0.1) is 0 Å². The third-order valence-electron chi connectivity index (χ3n) is 7.67. The van der Waals surface area contributed by atoms with Crippen molar-refractivity contribution in [1.82, 2.24) is 15.1 Å². The summed E-state index contributed by atoms with van der Waals surface area (Å²) in [5.41, 5.74) is 4.70. The second-order valence-electron chi connectivity index (χ2n) is 9.49. The Balaban J connectivity index is 1.10. The highest BCUT2D eigenvalue weighted by Gasteiger charge is 2.38. The van der Waals surface area contributed by atoms with Crippen molar-refractivity contribution >= 4 is 17.8 Å². The highest BCUT2D eigenvalue weighted by molar-refractivity contribution is 5.92. The van der Waals surface area contributed by atoms with E-state index in [-0.39, 0.29) is 11.3 Å². The summed E-state index contributed by atoms with van der Waals surface area (Å²) in [4.78, 5) is 17.2. The van der Waals surface area contributed by atoms with Gasteiger partial charge < -0.3 is 9.80 Å². The van der Waals surface area contributed by atoms with Crippen LogP contribution in [0, 0.1) is 0 Å². The zero-order chi connectivity index (χ0) is 22.3. The molecule has 1 aromatic heterocycles. The average molecular weight is 437 g/mol. The molecule has 0 radical (unpaired) electrons. The molecule has 3 heterocycles. The summed E-state index contributed by atoms with van der Waals surface area (Å²) >= 11 is 0. The standard InChI is InChI=1S/C28H28N4O/c33-27(32-17-13-23(20-32)21-6-2-1-3-7-21)25-10-11-26(30-29-25)31-18-15-28(16-19-31)14-12-22-8-4-5-9-24(22)28/h1-12,14,23H,13,15-20H2. The predicted molar refractivity (Wildman–Crippen MR) is 130 cm³/mol. The van der Waals surface area contributed by atoms with Crippen LogP contribution in [0.3, 0.4) is 0 Å². The van der Waals surface area contributed by atoms with E-state index in [9.17, 15) is 4.79 Å². The molecule has 3 aliphatic rings. The van der Waals surface area contributed by atoms with Gasteiger partial charge in [0, 0.05) is 37.5 Å². The number of carbonyl (C=O) groups excluding carboxylic acids is 1. The molecule has 3 aromatic rings. The monoisotopic (exact) mass is 436 g/mol. The smallest absolute Gasteiger partial charge is 0.274 e. The van der Waals surface area contributed by atoms with Crippen LogP contribution in [0.25, 0.3) is 6.08 Å². The second kappa shape index (κ2) is 8.14. The van der Waals surface area contributed by atoms with E-state index in [4.69, 9.17) is 0 Å². The van der Waals surface area contributed by atoms with E-state index >= 15 is 0 Å². The van der Waals surface area contributed by atoms with Crippen LogP contribution in [0.15, 0.2) is 72.8 Å². The van der Waals surface area contributed by atoms with Gasteiger partial charge in [0.1, 0.15) is 0 Å². The first-order valence-electron chi connectivity index (χ1n) is 11.9. The highest BCUT2D eigenvalue weighted by atomic mass is 16.2. The Morgan fingerprint density at radius 3 is 2.45 bits per heavy atom. The zero-order valence-corrected chi connectivity index (χ0v) is 18.7. The summed E-state index contributed by atoms with van der Waals surface area (Å²) in [6, 6.07) is 23.0. The highest BCUT2D eigenvalue weighted by Crippen LogP contribution is 2.44. The number of fused-ring (bicyclic) bond motifs is 2. The quantitative estimate of drug-likeness (QED) is 0.599. The Hall–Kier alpha value is -3.47. The van der Waals surface area contributed by atoms with Crippen molar-refractivity contribution in [3.8, 4) is 0 Å². The third-order valence-corrected chi connectivity index (χ3v) is 7.67. The molecule has 1 amide bonds. The fourth-order valence-electron chi connectivity index (χ4n) is 5.72. The number of aromatic nitrogens is 2. The Kier molecular flexibility index (Phi) is 4.97. The van der Waals surface area contributed by atoms with Crippen LogP contribution in [-0.2, 0) is 5.41 Å². The number of likely N-dealkylation sites (tertiary alicyclic amines) is 1. The van der Waals surface area contributed by atoms with E-state index in [1.54, 1.807) is 0 Å². The Morgan fingerprint density at radius 2 is 1.67 bits per heavy atom. The van der Waals surface area contributed by atoms with Crippen molar-refractivity contribution in [2.24, 2.45) is 0 Å². The molecule has 0 bridgehead atoms. The van der Waals surface area contributed by atoms with E-state index in [1.807, 2.05) is 23.1 Å². The largest absolute Gasteiger partial charge is 0.355 e. The van der Waals surface area contributed by atoms with Crippen molar-refractivity contribution in [2.75, 3.05) is 31.1 Å². The van der Waals surface area contributed by atoms with Gasteiger partial charge in [-0.05, 0) is 48.1 Å². The first-order chi connectivity index (χ1) is 16.2. The van der Waals surface area contributed by atoms with Crippen molar-refractivity contribution in [3.05, 3.63) is 95.2 Å². The molecule has 33 heavy (non-hydrogen) atoms. The first-order valence-corrected chi connectivity index (χ1v) is 11.9. The normalized spacial score (nSPS) is 20.9. The minimum absolute atomic E-state index is 0.0159. The molecule has 2 fully saturated rings. The number of amides is 1. The Labute approximate surface area is 194 Å². The molecule has 2 aromatic carbocycles. The predicted octanol–water partition coefficient (Wildman–Crippen LogP) is 4.67. The van der Waals surface area contributed by atoms with Crippen LogP contribution in [-0.4, -0.2) is 47.2 Å². The van der Waals surface area contributed by atoms with Crippen LogP contribution < -0.4 is 4.90 Å². The van der Waals surface area contributed by atoms with Crippen molar-refractivity contribution in [3.63, 3.8) is 0 Å². The molecule has 5 heteroatoms. The molecule has 0 saturated carbocycles. The number of benzene rings is 2. The summed E-state index contributed by atoms with van der Waals surface area (Å²) in [5.74, 6) is 1.25. The van der Waals surface area contributed by atoms with Gasteiger partial charge >= 0.3 is 0 Å². The molecule has 166 valence electrons. The Morgan fingerprint density at radius 1 is 0.879 bits per heavy atom. The average Bonchev–Trinajstić information content (AvgIpc) is 3.51. The number of hydrogen-bond donors (Lipinski definition) is 0. The van der Waals surface area contributed by atoms with E-state index in [0.717, 1.165) is 51.3 Å². The molecule has 1 spiro atoms. The van der Waals surface area contributed by atoms with Gasteiger partial charge in [-0.2, -0.15) is 0 Å². The van der Waals surface area contributed by atoms with Gasteiger partial charge in [0.15, 0.2) is 11.5 Å². The van der Waals surface area contributed by atoms with Gasteiger partial charge in [-0.1, -0.05) is 66.7 Å². The lowest BCUT2D eigenvalue weighted by atomic mass is 9.74. The molecule has 2 saturated heterocycles. The van der Waals surface area contributed by atoms with Gasteiger partial charge in [0.2, 0.25) is 0 Å². The van der Waals surface area contributed by atoms with E-state index in [2.05, 4.69) is 75.8 Å². The maximum Gasteiger partial charge on any atom is 0.274 e. The lowest BCUT2D eigenvalue weighted by molar-refractivity contribution is 0.0784. The molecule has 1 unspecified atom stereocenters. The number of allylic oxidation sites excluding steroid dienone is 1. The lowest BCUT2D eigenvalue weighted by Crippen LogP contribution is -2.41. The number of carbonyl (C=O) groups is 1. The molecule has 5 nitrogen and oxygen atoms in total. The van der Waals surface area contributed by atoms with E-state index < -0.39 is 0 Å². The minimum Gasteiger partial charge on any atom is -0.355 e. The van der Waals surface area contributed by atoms with Crippen molar-refractivity contribution < 1.29 is 4.79 Å². The molecule has 0 N–H and O–H groups in total. The Bertz CT molecular complexity index is 1180. The fourth-order valence-corrected chi connectivity index (χ4v) is 5.72. The molecule has 1 atom stereocenters. The maximum absolute atomic E-state index is 13.0. The van der Waals surface area contributed by atoms with Gasteiger partial charge in [-0.25, -0.2) is 0 Å². The maximum atomic E-state index is 13.0.